The van der Waals surface area contributed by atoms with Crippen molar-refractivity contribution >= 4 is 23.6 Å². The molecule has 5 heteroatoms. The second-order valence-corrected chi connectivity index (χ2v) is 5.05. The lowest BCUT2D eigenvalue weighted by Gasteiger charge is -2.09. The molecule has 0 radical (unpaired) electrons. The summed E-state index contributed by atoms with van der Waals surface area (Å²) in [6.07, 6.45) is 1.38. The molecule has 0 amide bonds. The molecule has 106 valence electrons. The fraction of sp³-hybridized carbons (Fsp3) is 0.125. The van der Waals surface area contributed by atoms with Gasteiger partial charge in [0.25, 0.3) is 0 Å². The number of nitrogens with zero attached hydrogens (tertiary/aromatic N) is 2. The van der Waals surface area contributed by atoms with Crippen LogP contribution in [0.15, 0.2) is 35.9 Å². The summed E-state index contributed by atoms with van der Waals surface area (Å²) in [5.41, 5.74) is 3.09. The van der Waals surface area contributed by atoms with Gasteiger partial charge in [0.2, 0.25) is 0 Å². The zero-order valence-corrected chi connectivity index (χ0v) is 12.3. The Balaban J connectivity index is 2.58. The summed E-state index contributed by atoms with van der Waals surface area (Å²) in [5, 5.41) is 18.4. The average molecular weight is 301 g/mol. The van der Waals surface area contributed by atoms with Crippen LogP contribution in [0.3, 0.4) is 0 Å². The van der Waals surface area contributed by atoms with E-state index >= 15 is 0 Å². The number of carboxylic acid groups (broad SMARTS) is 1. The van der Waals surface area contributed by atoms with Crippen molar-refractivity contribution < 1.29 is 9.90 Å². The van der Waals surface area contributed by atoms with Gasteiger partial charge in [0, 0.05) is 22.1 Å². The number of hydrogen-bond acceptors (Lipinski definition) is 2. The molecule has 2 aromatic rings. The number of benzene rings is 1. The van der Waals surface area contributed by atoms with Crippen molar-refractivity contribution in [3.63, 3.8) is 0 Å². The van der Waals surface area contributed by atoms with E-state index in [2.05, 4.69) is 0 Å². The number of nitriles is 1. The van der Waals surface area contributed by atoms with Crippen LogP contribution in [0.5, 0.6) is 0 Å². The highest BCUT2D eigenvalue weighted by atomic mass is 35.5. The van der Waals surface area contributed by atoms with E-state index in [0.29, 0.717) is 10.6 Å². The van der Waals surface area contributed by atoms with Crippen LogP contribution in [0, 0.1) is 25.2 Å². The maximum Gasteiger partial charge on any atom is 0.346 e. The van der Waals surface area contributed by atoms with E-state index in [1.54, 1.807) is 12.1 Å². The molecular formula is C16H13ClN2O2. The first-order chi connectivity index (χ1) is 9.93. The molecule has 0 bridgehead atoms. The van der Waals surface area contributed by atoms with Crippen molar-refractivity contribution in [1.29, 1.82) is 5.26 Å². The van der Waals surface area contributed by atoms with Gasteiger partial charge >= 0.3 is 5.97 Å². The summed E-state index contributed by atoms with van der Waals surface area (Å²) in [6.45, 7) is 3.79. The number of halogens is 1. The fourth-order valence-corrected chi connectivity index (χ4v) is 2.43. The zero-order chi connectivity index (χ0) is 15.6. The molecule has 0 aliphatic carbocycles. The highest BCUT2D eigenvalue weighted by Gasteiger charge is 2.12. The topological polar surface area (TPSA) is 66.0 Å². The SMILES string of the molecule is Cc1cc(/C=C(\C#N)C(=O)O)c(C)n1-c1cccc(Cl)c1. The Hall–Kier alpha value is -2.51. The molecule has 0 fully saturated rings. The summed E-state index contributed by atoms with van der Waals surface area (Å²) in [5.74, 6) is -1.23. The van der Waals surface area contributed by atoms with Crippen molar-refractivity contribution in [2.24, 2.45) is 0 Å². The molecule has 1 aromatic heterocycles. The van der Waals surface area contributed by atoms with Crippen molar-refractivity contribution in [1.82, 2.24) is 4.57 Å². The standard InChI is InChI=1S/C16H13ClN2O2/c1-10-6-12(7-13(9-18)16(20)21)11(2)19(10)15-5-3-4-14(17)8-15/h3-8H,1-2H3,(H,20,21)/b13-7+. The molecule has 0 saturated heterocycles. The Morgan fingerprint density at radius 1 is 1.38 bits per heavy atom. The Kier molecular flexibility index (Phi) is 4.15. The highest BCUT2D eigenvalue weighted by molar-refractivity contribution is 6.30. The number of aromatic nitrogens is 1. The Labute approximate surface area is 127 Å². The van der Waals surface area contributed by atoms with Gasteiger partial charge in [0.15, 0.2) is 0 Å². The molecule has 0 atom stereocenters. The second-order valence-electron chi connectivity index (χ2n) is 4.62. The van der Waals surface area contributed by atoms with Gasteiger partial charge < -0.3 is 9.67 Å². The summed E-state index contributed by atoms with van der Waals surface area (Å²) >= 11 is 6.01. The molecule has 0 aliphatic rings. The third-order valence-electron chi connectivity index (χ3n) is 3.19. The van der Waals surface area contributed by atoms with Crippen LogP contribution < -0.4 is 0 Å². The number of aryl methyl sites for hydroxylation is 1. The van der Waals surface area contributed by atoms with Crippen LogP contribution in [0.1, 0.15) is 17.0 Å². The van der Waals surface area contributed by atoms with E-state index in [1.807, 2.05) is 42.7 Å². The number of aliphatic carboxylic acids is 1. The van der Waals surface area contributed by atoms with Crippen LogP contribution in [-0.2, 0) is 4.79 Å². The largest absolute Gasteiger partial charge is 0.477 e. The third kappa shape index (κ3) is 2.99. The Bertz CT molecular complexity index is 782. The van der Waals surface area contributed by atoms with Crippen molar-refractivity contribution in [2.75, 3.05) is 0 Å². The minimum absolute atomic E-state index is 0.290. The third-order valence-corrected chi connectivity index (χ3v) is 3.42. The van der Waals surface area contributed by atoms with E-state index < -0.39 is 5.97 Å². The molecule has 0 unspecified atom stereocenters. The summed E-state index contributed by atoms with van der Waals surface area (Å²) in [4.78, 5) is 10.9. The normalized spacial score (nSPS) is 11.2. The van der Waals surface area contributed by atoms with Crippen LogP contribution in [0.25, 0.3) is 11.8 Å². The number of carbonyl (C=O) groups is 1. The lowest BCUT2D eigenvalue weighted by molar-refractivity contribution is -0.132. The maximum absolute atomic E-state index is 10.9. The van der Waals surface area contributed by atoms with Gasteiger partial charge in [-0.1, -0.05) is 17.7 Å². The van der Waals surface area contributed by atoms with Crippen LogP contribution in [0.2, 0.25) is 5.02 Å². The number of rotatable bonds is 3. The minimum atomic E-state index is -1.23. The maximum atomic E-state index is 10.9. The molecule has 0 spiro atoms. The molecule has 1 N–H and O–H groups in total. The van der Waals surface area contributed by atoms with Crippen molar-refractivity contribution in [2.45, 2.75) is 13.8 Å². The first-order valence-electron chi connectivity index (χ1n) is 6.24. The zero-order valence-electron chi connectivity index (χ0n) is 11.6. The summed E-state index contributed by atoms with van der Waals surface area (Å²) in [6, 6.07) is 10.9. The van der Waals surface area contributed by atoms with Gasteiger partial charge in [0.05, 0.1) is 0 Å². The molecule has 2 rings (SSSR count). The molecule has 21 heavy (non-hydrogen) atoms. The lowest BCUT2D eigenvalue weighted by atomic mass is 10.1. The molecule has 0 saturated carbocycles. The van der Waals surface area contributed by atoms with Crippen LogP contribution >= 0.6 is 11.6 Å². The summed E-state index contributed by atoms with van der Waals surface area (Å²) in [7, 11) is 0. The monoisotopic (exact) mass is 300 g/mol. The van der Waals surface area contributed by atoms with E-state index in [1.165, 1.54) is 6.08 Å². The predicted octanol–water partition coefficient (Wildman–Crippen LogP) is 3.74. The second kappa shape index (κ2) is 5.86. The molecule has 1 aromatic carbocycles. The van der Waals surface area contributed by atoms with Crippen molar-refractivity contribution in [3.05, 3.63) is 57.9 Å². The molecule has 4 nitrogen and oxygen atoms in total. The quantitative estimate of drug-likeness (QED) is 0.693. The van der Waals surface area contributed by atoms with E-state index in [-0.39, 0.29) is 5.57 Å². The van der Waals surface area contributed by atoms with Gasteiger partial charge in [0.1, 0.15) is 11.6 Å². The first-order valence-corrected chi connectivity index (χ1v) is 6.62. The molecular weight excluding hydrogens is 288 g/mol. The average Bonchev–Trinajstić information content (AvgIpc) is 2.70. The van der Waals surface area contributed by atoms with Gasteiger partial charge in [-0.3, -0.25) is 0 Å². The number of carboxylic acids is 1. The van der Waals surface area contributed by atoms with Crippen molar-refractivity contribution in [3.8, 4) is 11.8 Å². The van der Waals surface area contributed by atoms with Crippen LogP contribution in [0.4, 0.5) is 0 Å². The smallest absolute Gasteiger partial charge is 0.346 e. The number of hydrogen-bond donors (Lipinski definition) is 1. The fourth-order valence-electron chi connectivity index (χ4n) is 2.24. The summed E-state index contributed by atoms with van der Waals surface area (Å²) < 4.78 is 1.97. The minimum Gasteiger partial charge on any atom is -0.477 e. The van der Waals surface area contributed by atoms with E-state index in [4.69, 9.17) is 22.0 Å². The Morgan fingerprint density at radius 3 is 2.67 bits per heavy atom. The van der Waals surface area contributed by atoms with Gasteiger partial charge in [-0.2, -0.15) is 5.26 Å². The molecule has 0 aliphatic heterocycles. The van der Waals surface area contributed by atoms with Gasteiger partial charge in [-0.05, 0) is 49.8 Å². The highest BCUT2D eigenvalue weighted by Crippen LogP contribution is 2.24. The predicted molar refractivity (Wildman–Crippen MR) is 81.5 cm³/mol. The van der Waals surface area contributed by atoms with Gasteiger partial charge in [-0.15, -0.1) is 0 Å². The Morgan fingerprint density at radius 2 is 2.10 bits per heavy atom. The lowest BCUT2D eigenvalue weighted by Crippen LogP contribution is -2.00. The van der Waals surface area contributed by atoms with E-state index in [9.17, 15) is 4.79 Å². The first kappa shape index (κ1) is 14.9. The van der Waals surface area contributed by atoms with E-state index in [0.717, 1.165) is 17.1 Å². The van der Waals surface area contributed by atoms with Gasteiger partial charge in [-0.25, -0.2) is 4.79 Å². The van der Waals surface area contributed by atoms with Crippen LogP contribution in [-0.4, -0.2) is 15.6 Å². The molecule has 1 heterocycles.